The standard InChI is InChI=1S/C11H24OSi.Al.3H/c1-11(2,3)13(4,5)10-8-6-7-9-12-10;;;;/h10H,6-9H2,1-5H3;;;;. The largest absolute Gasteiger partial charge is 0.382 e. The van der Waals surface area contributed by atoms with E-state index < -0.39 is 8.07 Å². The minimum atomic E-state index is -1.23. The van der Waals surface area contributed by atoms with E-state index in [0.717, 1.165) is 6.61 Å². The summed E-state index contributed by atoms with van der Waals surface area (Å²) < 4.78 is 5.93. The molecule has 0 aromatic rings. The third-order valence-electron chi connectivity index (χ3n) is 3.92. The van der Waals surface area contributed by atoms with Gasteiger partial charge >= 0.3 is 0 Å². The number of hydrogen-bond donors (Lipinski definition) is 0. The molecule has 0 bridgehead atoms. The van der Waals surface area contributed by atoms with Crippen molar-refractivity contribution < 1.29 is 4.74 Å². The minimum Gasteiger partial charge on any atom is -0.382 e. The van der Waals surface area contributed by atoms with Crippen LogP contribution in [0.15, 0.2) is 0 Å². The van der Waals surface area contributed by atoms with E-state index in [2.05, 4.69) is 33.9 Å². The lowest BCUT2D eigenvalue weighted by Crippen LogP contribution is -2.51. The fourth-order valence-electron chi connectivity index (χ4n) is 1.79. The maximum Gasteiger partial charge on any atom is 0.187 e. The quantitative estimate of drug-likeness (QED) is 0.629. The van der Waals surface area contributed by atoms with Crippen LogP contribution in [0.2, 0.25) is 18.1 Å². The summed E-state index contributed by atoms with van der Waals surface area (Å²) in [6, 6.07) is 0. The van der Waals surface area contributed by atoms with Crippen molar-refractivity contribution in [2.75, 3.05) is 6.61 Å². The van der Waals surface area contributed by atoms with Crippen LogP contribution >= 0.6 is 0 Å². The monoisotopic (exact) mass is 230 g/mol. The van der Waals surface area contributed by atoms with Crippen molar-refractivity contribution in [1.29, 1.82) is 0 Å². The zero-order chi connectivity index (χ0) is 10.1. The molecule has 1 fully saturated rings. The van der Waals surface area contributed by atoms with Crippen LogP contribution in [-0.2, 0) is 4.74 Å². The molecule has 1 rings (SSSR count). The zero-order valence-corrected chi connectivity index (χ0v) is 10.8. The lowest BCUT2D eigenvalue weighted by atomic mass is 10.2. The smallest absolute Gasteiger partial charge is 0.187 e. The number of rotatable bonds is 1. The topological polar surface area (TPSA) is 9.23 Å². The number of ether oxygens (including phenoxy) is 1. The van der Waals surface area contributed by atoms with E-state index in [1.807, 2.05) is 0 Å². The summed E-state index contributed by atoms with van der Waals surface area (Å²) in [6.07, 6.45) is 3.94. The molecule has 1 heterocycles. The van der Waals surface area contributed by atoms with Gasteiger partial charge in [0.1, 0.15) is 0 Å². The van der Waals surface area contributed by atoms with Crippen LogP contribution in [0.5, 0.6) is 0 Å². The summed E-state index contributed by atoms with van der Waals surface area (Å²) in [5, 5.41) is 0.467. The molecular formula is C11H27AlOSi. The Balaban J connectivity index is 0.00000169. The van der Waals surface area contributed by atoms with Gasteiger partial charge in [-0.1, -0.05) is 33.9 Å². The first-order chi connectivity index (χ1) is 5.86. The highest BCUT2D eigenvalue weighted by atomic mass is 28.3. The second-order valence-electron chi connectivity index (χ2n) is 5.83. The van der Waals surface area contributed by atoms with Crippen LogP contribution < -0.4 is 0 Å². The van der Waals surface area contributed by atoms with Gasteiger partial charge in [0.2, 0.25) is 0 Å². The Kier molecular flexibility index (Phi) is 5.42. The van der Waals surface area contributed by atoms with Gasteiger partial charge in [-0.05, 0) is 24.3 Å². The van der Waals surface area contributed by atoms with Crippen molar-refractivity contribution in [2.45, 2.75) is 63.9 Å². The van der Waals surface area contributed by atoms with E-state index in [4.69, 9.17) is 4.74 Å². The predicted octanol–water partition coefficient (Wildman–Crippen LogP) is 2.42. The van der Waals surface area contributed by atoms with Crippen molar-refractivity contribution >= 4 is 25.4 Å². The molecule has 1 unspecified atom stereocenters. The van der Waals surface area contributed by atoms with E-state index in [1.165, 1.54) is 19.3 Å². The Morgan fingerprint density at radius 2 is 1.71 bits per heavy atom. The fraction of sp³-hybridized carbons (Fsp3) is 1.00. The van der Waals surface area contributed by atoms with Crippen LogP contribution in [0.3, 0.4) is 0 Å². The maximum atomic E-state index is 5.93. The summed E-state index contributed by atoms with van der Waals surface area (Å²) in [4.78, 5) is 0. The van der Waals surface area contributed by atoms with Gasteiger partial charge in [0.15, 0.2) is 17.4 Å². The molecule has 14 heavy (non-hydrogen) atoms. The van der Waals surface area contributed by atoms with Crippen molar-refractivity contribution in [3.63, 3.8) is 0 Å². The Morgan fingerprint density at radius 1 is 1.14 bits per heavy atom. The Morgan fingerprint density at radius 3 is 2.07 bits per heavy atom. The zero-order valence-electron chi connectivity index (χ0n) is 9.81. The molecule has 84 valence electrons. The predicted molar refractivity (Wildman–Crippen MR) is 70.7 cm³/mol. The molecule has 0 radical (unpaired) electrons. The van der Waals surface area contributed by atoms with Gasteiger partial charge in [-0.25, -0.2) is 0 Å². The first-order valence-electron chi connectivity index (χ1n) is 5.47. The van der Waals surface area contributed by atoms with E-state index in [1.54, 1.807) is 0 Å². The molecule has 3 heteroatoms. The van der Waals surface area contributed by atoms with Gasteiger partial charge in [-0.2, -0.15) is 0 Å². The summed E-state index contributed by atoms with van der Waals surface area (Å²) in [7, 11) is -1.23. The third kappa shape index (κ3) is 3.10. The normalized spacial score (nSPS) is 24.2. The molecule has 0 N–H and O–H groups in total. The van der Waals surface area contributed by atoms with Crippen molar-refractivity contribution in [1.82, 2.24) is 0 Å². The molecular weight excluding hydrogens is 203 g/mol. The maximum absolute atomic E-state index is 5.93. The Hall–Kier alpha value is 0.709. The van der Waals surface area contributed by atoms with Crippen LogP contribution in [0.25, 0.3) is 0 Å². The average Bonchev–Trinajstić information content (AvgIpc) is 2.04. The summed E-state index contributed by atoms with van der Waals surface area (Å²) in [6.45, 7) is 13.1. The molecule has 1 nitrogen and oxygen atoms in total. The van der Waals surface area contributed by atoms with Gasteiger partial charge < -0.3 is 4.74 Å². The summed E-state index contributed by atoms with van der Waals surface area (Å²) in [5.74, 6) is 0. The molecule has 1 atom stereocenters. The molecule has 0 aromatic carbocycles. The van der Waals surface area contributed by atoms with E-state index in [9.17, 15) is 0 Å². The highest BCUT2D eigenvalue weighted by Gasteiger charge is 2.43. The van der Waals surface area contributed by atoms with Crippen molar-refractivity contribution in [2.24, 2.45) is 0 Å². The number of hydrogen-bond acceptors (Lipinski definition) is 1. The first kappa shape index (κ1) is 14.7. The lowest BCUT2D eigenvalue weighted by molar-refractivity contribution is 0.0577. The van der Waals surface area contributed by atoms with Crippen molar-refractivity contribution in [3.8, 4) is 0 Å². The van der Waals surface area contributed by atoms with Gasteiger partial charge in [-0.15, -0.1) is 0 Å². The molecule has 0 aromatic heterocycles. The molecule has 1 aliphatic rings. The molecule has 0 saturated carbocycles. The van der Waals surface area contributed by atoms with Crippen LogP contribution in [0, 0.1) is 0 Å². The van der Waals surface area contributed by atoms with Gasteiger partial charge in [-0.3, -0.25) is 0 Å². The van der Waals surface area contributed by atoms with E-state index in [-0.39, 0.29) is 17.4 Å². The van der Waals surface area contributed by atoms with E-state index >= 15 is 0 Å². The Bertz CT molecular complexity index is 169. The minimum absolute atomic E-state index is 0. The van der Waals surface area contributed by atoms with Crippen LogP contribution in [0.4, 0.5) is 0 Å². The highest BCUT2D eigenvalue weighted by molar-refractivity contribution is 6.81. The second kappa shape index (κ2) is 5.16. The summed E-state index contributed by atoms with van der Waals surface area (Å²) in [5.41, 5.74) is 0.598. The van der Waals surface area contributed by atoms with Crippen molar-refractivity contribution in [3.05, 3.63) is 0 Å². The highest BCUT2D eigenvalue weighted by Crippen LogP contribution is 2.41. The third-order valence-corrected chi connectivity index (χ3v) is 9.85. The van der Waals surface area contributed by atoms with Gasteiger partial charge in [0.25, 0.3) is 0 Å². The molecule has 0 aliphatic carbocycles. The first-order valence-corrected chi connectivity index (χ1v) is 8.55. The molecule has 0 amide bonds. The fourth-order valence-corrected chi connectivity index (χ4v) is 4.22. The SMILES string of the molecule is CC(C)(C)[Si](C)(C)C1CCCCO1.[AlH3]. The van der Waals surface area contributed by atoms with E-state index in [0.29, 0.717) is 10.8 Å². The Labute approximate surface area is 101 Å². The van der Waals surface area contributed by atoms with Gasteiger partial charge in [0.05, 0.1) is 8.07 Å². The molecule has 1 saturated heterocycles. The van der Waals surface area contributed by atoms with Crippen LogP contribution in [0.1, 0.15) is 40.0 Å². The molecule has 0 spiro atoms. The second-order valence-corrected chi connectivity index (χ2v) is 11.4. The summed E-state index contributed by atoms with van der Waals surface area (Å²) >= 11 is 0. The van der Waals surface area contributed by atoms with Gasteiger partial charge in [0, 0.05) is 12.3 Å². The molecule has 1 aliphatic heterocycles. The van der Waals surface area contributed by atoms with Crippen LogP contribution in [-0.4, -0.2) is 37.8 Å². The average molecular weight is 230 g/mol. The lowest BCUT2D eigenvalue weighted by Gasteiger charge is -2.44.